The van der Waals surface area contributed by atoms with E-state index in [1.54, 1.807) is 24.3 Å². The fourth-order valence-electron chi connectivity index (χ4n) is 2.44. The van der Waals surface area contributed by atoms with Crippen molar-refractivity contribution in [3.8, 4) is 11.1 Å². The van der Waals surface area contributed by atoms with Crippen molar-refractivity contribution in [1.29, 1.82) is 0 Å². The molecule has 0 saturated carbocycles. The molecule has 3 N–H and O–H groups in total. The van der Waals surface area contributed by atoms with Crippen LogP contribution in [0.25, 0.3) is 11.1 Å². The average molecular weight is 333 g/mol. The molecule has 0 spiro atoms. The highest BCUT2D eigenvalue weighted by molar-refractivity contribution is 7.90. The number of benzene rings is 2. The Balaban J connectivity index is 2.31. The highest BCUT2D eigenvalue weighted by Crippen LogP contribution is 2.26. The molecule has 1 unspecified atom stereocenters. The van der Waals surface area contributed by atoms with E-state index in [0.717, 1.165) is 16.7 Å². The summed E-state index contributed by atoms with van der Waals surface area (Å²) < 4.78 is 23.0. The first-order valence-electron chi connectivity index (χ1n) is 7.13. The number of hydrogen-bond acceptors (Lipinski definition) is 4. The maximum absolute atomic E-state index is 11.5. The van der Waals surface area contributed by atoms with Gasteiger partial charge in [0, 0.05) is 12.3 Å². The Bertz CT molecular complexity index is 798. The normalized spacial score (nSPS) is 12.8. The minimum absolute atomic E-state index is 0.0959. The Morgan fingerprint density at radius 1 is 1.13 bits per heavy atom. The number of nitrogens with two attached hydrogens (primary N) is 1. The van der Waals surface area contributed by atoms with Gasteiger partial charge >= 0.3 is 5.97 Å². The van der Waals surface area contributed by atoms with Crippen molar-refractivity contribution in [2.75, 3.05) is 6.26 Å². The van der Waals surface area contributed by atoms with E-state index in [-0.39, 0.29) is 11.3 Å². The third-order valence-corrected chi connectivity index (χ3v) is 4.66. The van der Waals surface area contributed by atoms with Gasteiger partial charge in [-0.25, -0.2) is 8.42 Å². The molecule has 0 amide bonds. The molecule has 0 bridgehead atoms. The van der Waals surface area contributed by atoms with E-state index in [2.05, 4.69) is 0 Å². The number of carbonyl (C=O) groups is 1. The Morgan fingerprint density at radius 2 is 1.74 bits per heavy atom. The zero-order valence-electron chi connectivity index (χ0n) is 12.8. The minimum atomic E-state index is -3.23. The van der Waals surface area contributed by atoms with Crippen molar-refractivity contribution in [2.45, 2.75) is 23.8 Å². The molecule has 0 saturated heterocycles. The smallest absolute Gasteiger partial charge is 0.304 e. The van der Waals surface area contributed by atoms with Gasteiger partial charge in [0.1, 0.15) is 0 Å². The van der Waals surface area contributed by atoms with Crippen LogP contribution in [0.15, 0.2) is 53.4 Å². The Labute approximate surface area is 135 Å². The summed E-state index contributed by atoms with van der Waals surface area (Å²) in [6.07, 6.45) is 1.51. The first kappa shape index (κ1) is 17.2. The number of hydrogen-bond donors (Lipinski definition) is 2. The summed E-state index contributed by atoms with van der Waals surface area (Å²) in [5, 5.41) is 8.82. The lowest BCUT2D eigenvalue weighted by molar-refractivity contribution is -0.137. The number of rotatable bonds is 6. The largest absolute Gasteiger partial charge is 0.481 e. The molecule has 2 aromatic carbocycles. The van der Waals surface area contributed by atoms with Crippen molar-refractivity contribution in [3.05, 3.63) is 54.1 Å². The van der Waals surface area contributed by atoms with Gasteiger partial charge in [0.05, 0.1) is 11.3 Å². The van der Waals surface area contributed by atoms with Crippen LogP contribution in [-0.2, 0) is 21.1 Å². The summed E-state index contributed by atoms with van der Waals surface area (Å²) >= 11 is 0. The maximum Gasteiger partial charge on any atom is 0.304 e. The van der Waals surface area contributed by atoms with E-state index in [1.807, 2.05) is 24.3 Å². The van der Waals surface area contributed by atoms with Gasteiger partial charge in [-0.1, -0.05) is 36.4 Å². The zero-order chi connectivity index (χ0) is 17.0. The molecular formula is C17H19NO4S. The summed E-state index contributed by atoms with van der Waals surface area (Å²) in [7, 11) is -3.23. The number of carboxylic acid groups (broad SMARTS) is 1. The van der Waals surface area contributed by atoms with E-state index in [9.17, 15) is 13.2 Å². The molecule has 6 heteroatoms. The molecule has 1 atom stereocenters. The van der Waals surface area contributed by atoms with Crippen LogP contribution in [0.1, 0.15) is 12.0 Å². The molecule has 5 nitrogen and oxygen atoms in total. The predicted octanol–water partition coefficient (Wildman–Crippen LogP) is 2.10. The van der Waals surface area contributed by atoms with Crippen LogP contribution in [0.2, 0.25) is 0 Å². The fraction of sp³-hybridized carbons (Fsp3) is 0.235. The van der Waals surface area contributed by atoms with Crippen LogP contribution in [0.4, 0.5) is 0 Å². The van der Waals surface area contributed by atoms with Gasteiger partial charge in [0.25, 0.3) is 0 Å². The third kappa shape index (κ3) is 4.64. The van der Waals surface area contributed by atoms with Gasteiger partial charge in [0.2, 0.25) is 0 Å². The van der Waals surface area contributed by atoms with Gasteiger partial charge < -0.3 is 10.8 Å². The number of sulfone groups is 1. The molecule has 0 radical (unpaired) electrons. The Hall–Kier alpha value is -2.18. The molecule has 0 aliphatic carbocycles. The van der Waals surface area contributed by atoms with Crippen molar-refractivity contribution in [3.63, 3.8) is 0 Å². The highest BCUT2D eigenvalue weighted by atomic mass is 32.2. The van der Waals surface area contributed by atoms with Crippen molar-refractivity contribution in [2.24, 2.45) is 5.73 Å². The first-order valence-corrected chi connectivity index (χ1v) is 9.02. The summed E-state index contributed by atoms with van der Waals surface area (Å²) in [5.41, 5.74) is 8.61. The van der Waals surface area contributed by atoms with Gasteiger partial charge in [-0.2, -0.15) is 0 Å². The summed E-state index contributed by atoms with van der Waals surface area (Å²) in [4.78, 5) is 11.0. The summed E-state index contributed by atoms with van der Waals surface area (Å²) in [6.45, 7) is 0. The van der Waals surface area contributed by atoms with Crippen LogP contribution in [0.5, 0.6) is 0 Å². The van der Waals surface area contributed by atoms with Crippen LogP contribution < -0.4 is 5.73 Å². The number of aliphatic carboxylic acids is 1. The second-order valence-corrected chi connectivity index (χ2v) is 7.53. The second-order valence-electron chi connectivity index (χ2n) is 5.52. The van der Waals surface area contributed by atoms with E-state index in [0.29, 0.717) is 6.42 Å². The SMILES string of the molecule is CS(=O)(=O)c1ccc(-c2ccccc2CC(N)CC(=O)O)cc1. The van der Waals surface area contributed by atoms with E-state index >= 15 is 0 Å². The van der Waals surface area contributed by atoms with Gasteiger partial charge in [0.15, 0.2) is 9.84 Å². The second kappa shape index (κ2) is 6.93. The van der Waals surface area contributed by atoms with Crippen molar-refractivity contribution >= 4 is 15.8 Å². The molecule has 23 heavy (non-hydrogen) atoms. The van der Waals surface area contributed by atoms with Gasteiger partial charge in [-0.15, -0.1) is 0 Å². The molecule has 2 rings (SSSR count). The molecule has 0 aromatic heterocycles. The maximum atomic E-state index is 11.5. The molecule has 0 aliphatic rings. The molecule has 0 fully saturated rings. The Kier molecular flexibility index (Phi) is 5.18. The van der Waals surface area contributed by atoms with Crippen molar-refractivity contribution < 1.29 is 18.3 Å². The fourth-order valence-corrected chi connectivity index (χ4v) is 3.07. The van der Waals surface area contributed by atoms with Crippen molar-refractivity contribution in [1.82, 2.24) is 0 Å². The molecule has 122 valence electrons. The van der Waals surface area contributed by atoms with Crippen LogP contribution in [0, 0.1) is 0 Å². The molecular weight excluding hydrogens is 314 g/mol. The molecule has 0 heterocycles. The van der Waals surface area contributed by atoms with E-state index < -0.39 is 21.8 Å². The van der Waals surface area contributed by atoms with Gasteiger partial charge in [-0.3, -0.25) is 4.79 Å². The monoisotopic (exact) mass is 333 g/mol. The summed E-state index contributed by atoms with van der Waals surface area (Å²) in [6, 6.07) is 13.7. The summed E-state index contributed by atoms with van der Waals surface area (Å²) in [5.74, 6) is -0.924. The lowest BCUT2D eigenvalue weighted by Crippen LogP contribution is -2.26. The average Bonchev–Trinajstić information content (AvgIpc) is 2.46. The zero-order valence-corrected chi connectivity index (χ0v) is 13.6. The standard InChI is InChI=1S/C17H19NO4S/c1-23(21,22)15-8-6-12(7-9-15)16-5-3-2-4-13(16)10-14(18)11-17(19)20/h2-9,14H,10-11,18H2,1H3,(H,19,20). The first-order chi connectivity index (χ1) is 10.8. The predicted molar refractivity (Wildman–Crippen MR) is 88.9 cm³/mol. The van der Waals surface area contributed by atoms with E-state index in [4.69, 9.17) is 10.8 Å². The molecule has 2 aromatic rings. The highest BCUT2D eigenvalue weighted by Gasteiger charge is 2.13. The lowest BCUT2D eigenvalue weighted by atomic mass is 9.94. The third-order valence-electron chi connectivity index (χ3n) is 3.53. The minimum Gasteiger partial charge on any atom is -0.481 e. The van der Waals surface area contributed by atoms with E-state index in [1.165, 1.54) is 6.26 Å². The lowest BCUT2D eigenvalue weighted by Gasteiger charge is -2.14. The Morgan fingerprint density at radius 3 is 2.30 bits per heavy atom. The van der Waals surface area contributed by atoms with Crippen LogP contribution >= 0.6 is 0 Å². The topological polar surface area (TPSA) is 97.5 Å². The van der Waals surface area contributed by atoms with Crippen LogP contribution in [-0.4, -0.2) is 31.8 Å². The van der Waals surface area contributed by atoms with Gasteiger partial charge in [-0.05, 0) is 35.2 Å². The quantitative estimate of drug-likeness (QED) is 0.844. The molecule has 0 aliphatic heterocycles. The van der Waals surface area contributed by atoms with Crippen LogP contribution in [0.3, 0.4) is 0 Å². The number of carboxylic acids is 1.